The first kappa shape index (κ1) is 20.2. The quantitative estimate of drug-likeness (QED) is 0.678. The van der Waals surface area contributed by atoms with E-state index >= 15 is 0 Å². The van der Waals surface area contributed by atoms with Gasteiger partial charge in [-0.3, -0.25) is 14.7 Å². The third kappa shape index (κ3) is 4.65. The molecule has 1 aliphatic rings. The van der Waals surface area contributed by atoms with E-state index in [2.05, 4.69) is 28.8 Å². The second kappa shape index (κ2) is 9.10. The minimum absolute atomic E-state index is 0.0333. The second-order valence-electron chi connectivity index (χ2n) is 6.89. The molecule has 7 nitrogen and oxygen atoms in total. The molecule has 3 rings (SSSR count). The second-order valence-corrected chi connectivity index (χ2v) is 7.33. The number of halogens is 1. The average Bonchev–Trinajstić information content (AvgIpc) is 2.98. The fourth-order valence-electron chi connectivity index (χ4n) is 3.38. The molecule has 2 amide bonds. The van der Waals surface area contributed by atoms with Gasteiger partial charge in [-0.25, -0.2) is 14.8 Å². The number of aromatic nitrogens is 3. The number of anilines is 1. The van der Waals surface area contributed by atoms with E-state index in [9.17, 15) is 9.59 Å². The van der Waals surface area contributed by atoms with E-state index in [0.717, 1.165) is 30.5 Å². The van der Waals surface area contributed by atoms with E-state index in [-0.39, 0.29) is 30.8 Å². The number of urea groups is 1. The molecule has 0 aromatic carbocycles. The largest absolute Gasteiger partial charge is 0.327 e. The smallest absolute Gasteiger partial charge is 0.312 e. The van der Waals surface area contributed by atoms with E-state index in [1.807, 2.05) is 12.1 Å². The number of aryl methyl sites for hydroxylation is 1. The van der Waals surface area contributed by atoms with Gasteiger partial charge in [-0.05, 0) is 30.5 Å². The number of hydrogen-bond acceptors (Lipinski definition) is 5. The van der Waals surface area contributed by atoms with Crippen molar-refractivity contribution < 1.29 is 9.59 Å². The van der Waals surface area contributed by atoms with E-state index in [4.69, 9.17) is 11.6 Å². The summed E-state index contributed by atoms with van der Waals surface area (Å²) in [6.07, 6.45) is 7.49. The Morgan fingerprint density at radius 3 is 2.68 bits per heavy atom. The molecule has 3 heterocycles. The van der Waals surface area contributed by atoms with Crippen LogP contribution in [0.3, 0.4) is 0 Å². The highest BCUT2D eigenvalue weighted by atomic mass is 35.5. The summed E-state index contributed by atoms with van der Waals surface area (Å²) in [5.41, 5.74) is 1.88. The first-order valence-corrected chi connectivity index (χ1v) is 9.90. The fourth-order valence-corrected chi connectivity index (χ4v) is 3.48. The van der Waals surface area contributed by atoms with Gasteiger partial charge in [0.15, 0.2) is 5.78 Å². The zero-order valence-corrected chi connectivity index (χ0v) is 16.9. The van der Waals surface area contributed by atoms with Crippen molar-refractivity contribution in [3.8, 4) is 0 Å². The van der Waals surface area contributed by atoms with Gasteiger partial charge in [0.05, 0.1) is 43.0 Å². The number of carbonyl (C=O) groups excluding carboxylic acids is 2. The molecule has 2 aromatic rings. The first-order chi connectivity index (χ1) is 13.5. The predicted molar refractivity (Wildman–Crippen MR) is 108 cm³/mol. The van der Waals surface area contributed by atoms with Crippen LogP contribution in [0.2, 0.25) is 5.02 Å². The number of ketones is 1. The lowest BCUT2D eigenvalue weighted by Gasteiger charge is -2.22. The van der Waals surface area contributed by atoms with Crippen molar-refractivity contribution in [3.05, 3.63) is 47.0 Å². The van der Waals surface area contributed by atoms with E-state index in [0.29, 0.717) is 17.5 Å². The molecule has 1 atom stereocenters. The molecule has 0 radical (unpaired) electrons. The number of amides is 2. The van der Waals surface area contributed by atoms with Crippen LogP contribution < -0.4 is 4.90 Å². The van der Waals surface area contributed by atoms with Crippen LogP contribution in [-0.4, -0.2) is 50.8 Å². The molecule has 1 aliphatic heterocycles. The summed E-state index contributed by atoms with van der Waals surface area (Å²) >= 11 is 5.84. The van der Waals surface area contributed by atoms with Crippen molar-refractivity contribution in [1.29, 1.82) is 0 Å². The molecule has 2 aromatic heterocycles. The maximum Gasteiger partial charge on any atom is 0.327 e. The van der Waals surface area contributed by atoms with Crippen LogP contribution >= 0.6 is 11.6 Å². The monoisotopic (exact) mass is 401 g/mol. The molecular formula is C20H24ClN5O2. The van der Waals surface area contributed by atoms with Gasteiger partial charge >= 0.3 is 6.03 Å². The molecule has 0 bridgehead atoms. The lowest BCUT2D eigenvalue weighted by Crippen LogP contribution is -2.39. The highest BCUT2D eigenvalue weighted by Gasteiger charge is 2.39. The summed E-state index contributed by atoms with van der Waals surface area (Å²) in [6, 6.07) is 3.60. The lowest BCUT2D eigenvalue weighted by atomic mass is 10.1. The molecule has 0 N–H and O–H groups in total. The molecular weight excluding hydrogens is 378 g/mol. The van der Waals surface area contributed by atoms with Gasteiger partial charge in [0.1, 0.15) is 0 Å². The molecule has 0 spiro atoms. The van der Waals surface area contributed by atoms with Crippen molar-refractivity contribution in [3.63, 3.8) is 0 Å². The Bertz CT molecular complexity index is 843. The summed E-state index contributed by atoms with van der Waals surface area (Å²) in [6.45, 7) is 4.65. The third-order valence-corrected chi connectivity index (χ3v) is 4.99. The molecule has 28 heavy (non-hydrogen) atoms. The number of nitrogens with zero attached hydrogens (tertiary/aromatic N) is 5. The van der Waals surface area contributed by atoms with Crippen molar-refractivity contribution in [2.75, 3.05) is 18.0 Å². The molecule has 8 heteroatoms. The van der Waals surface area contributed by atoms with E-state index in [1.165, 1.54) is 17.3 Å². The maximum absolute atomic E-state index is 12.9. The third-order valence-electron chi connectivity index (χ3n) is 4.79. The maximum atomic E-state index is 12.9. The van der Waals surface area contributed by atoms with Gasteiger partial charge < -0.3 is 4.90 Å². The Morgan fingerprint density at radius 1 is 1.25 bits per heavy atom. The van der Waals surface area contributed by atoms with Gasteiger partial charge in [0.2, 0.25) is 5.95 Å². The van der Waals surface area contributed by atoms with Crippen LogP contribution in [0.4, 0.5) is 10.7 Å². The summed E-state index contributed by atoms with van der Waals surface area (Å²) in [4.78, 5) is 41.3. The minimum atomic E-state index is -0.246. The number of hydrogen-bond donors (Lipinski definition) is 0. The Hall–Kier alpha value is -2.54. The molecule has 148 valence electrons. The number of carbonyl (C=O) groups is 2. The average molecular weight is 402 g/mol. The first-order valence-electron chi connectivity index (χ1n) is 9.53. The standard InChI is InChI=1S/C20H24ClN5O2/c1-3-5-17-12-26(19-23-10-15(21)11-24-19)20(28)25(17)13-18(27)9-16-8-14(4-2)6-7-22-16/h6-8,10-11,17H,3-5,9,12-13H2,1-2H3/t17-/m0/s1. The molecule has 0 aliphatic carbocycles. The van der Waals surface area contributed by atoms with Crippen molar-refractivity contribution in [1.82, 2.24) is 19.9 Å². The number of Topliss-reactive ketones (excluding diaryl/α,β-unsaturated/α-hetero) is 1. The molecule has 0 unspecified atom stereocenters. The number of rotatable bonds is 8. The SMILES string of the molecule is CCC[C@H]1CN(c2ncc(Cl)cn2)C(=O)N1CC(=O)Cc1cc(CC)ccn1. The van der Waals surface area contributed by atoms with E-state index < -0.39 is 0 Å². The minimum Gasteiger partial charge on any atom is -0.312 e. The molecule has 1 fully saturated rings. The lowest BCUT2D eigenvalue weighted by molar-refractivity contribution is -0.119. The fraction of sp³-hybridized carbons (Fsp3) is 0.450. The molecule has 0 saturated carbocycles. The summed E-state index contributed by atoms with van der Waals surface area (Å²) in [7, 11) is 0. The van der Waals surface area contributed by atoms with Gasteiger partial charge in [-0.2, -0.15) is 0 Å². The highest BCUT2D eigenvalue weighted by molar-refractivity contribution is 6.30. The van der Waals surface area contributed by atoms with Crippen LogP contribution in [0.25, 0.3) is 0 Å². The summed E-state index contributed by atoms with van der Waals surface area (Å²) < 4.78 is 0. The van der Waals surface area contributed by atoms with Gasteiger partial charge in [0, 0.05) is 11.9 Å². The molecule has 1 saturated heterocycles. The van der Waals surface area contributed by atoms with E-state index in [1.54, 1.807) is 11.1 Å². The Balaban J connectivity index is 1.71. The van der Waals surface area contributed by atoms with Crippen LogP contribution in [0, 0.1) is 0 Å². The van der Waals surface area contributed by atoms with Crippen LogP contribution in [-0.2, 0) is 17.6 Å². The summed E-state index contributed by atoms with van der Waals surface area (Å²) in [5, 5.41) is 0.411. The van der Waals surface area contributed by atoms with Crippen LogP contribution in [0.1, 0.15) is 37.9 Å². The Labute approximate surface area is 169 Å². The van der Waals surface area contributed by atoms with Crippen molar-refractivity contribution in [2.45, 2.75) is 45.6 Å². The van der Waals surface area contributed by atoms with Crippen molar-refractivity contribution in [2.24, 2.45) is 0 Å². The van der Waals surface area contributed by atoms with Crippen LogP contribution in [0.15, 0.2) is 30.7 Å². The normalized spacial score (nSPS) is 16.7. The van der Waals surface area contributed by atoms with Crippen molar-refractivity contribution >= 4 is 29.4 Å². The summed E-state index contributed by atoms with van der Waals surface area (Å²) in [5.74, 6) is 0.275. The zero-order chi connectivity index (χ0) is 20.1. The topological polar surface area (TPSA) is 79.3 Å². The van der Waals surface area contributed by atoms with Gasteiger partial charge in [0.25, 0.3) is 0 Å². The van der Waals surface area contributed by atoms with Gasteiger partial charge in [-0.15, -0.1) is 0 Å². The van der Waals surface area contributed by atoms with Crippen LogP contribution in [0.5, 0.6) is 0 Å². The Kier molecular flexibility index (Phi) is 6.57. The Morgan fingerprint density at radius 2 is 2.00 bits per heavy atom. The highest BCUT2D eigenvalue weighted by Crippen LogP contribution is 2.24. The predicted octanol–water partition coefficient (Wildman–Crippen LogP) is 3.31. The zero-order valence-electron chi connectivity index (χ0n) is 16.1. The number of pyridine rings is 1. The van der Waals surface area contributed by atoms with Gasteiger partial charge in [-0.1, -0.05) is 31.9 Å².